The summed E-state index contributed by atoms with van der Waals surface area (Å²) in [6.07, 6.45) is 0. The van der Waals surface area contributed by atoms with Gasteiger partial charge in [-0.05, 0) is 45.7 Å². The molecular formula is C25H18ClNO. The van der Waals surface area contributed by atoms with Crippen LogP contribution in [0, 0.1) is 0 Å². The molecule has 1 amide bonds. The molecule has 0 aromatic heterocycles. The normalized spacial score (nSPS) is 15.8. The maximum atomic E-state index is 13.5. The number of amides is 1. The molecule has 0 saturated heterocycles. The van der Waals surface area contributed by atoms with Crippen molar-refractivity contribution in [2.24, 2.45) is 0 Å². The lowest BCUT2D eigenvalue weighted by atomic mass is 9.91. The first-order chi connectivity index (χ1) is 13.7. The van der Waals surface area contributed by atoms with E-state index in [2.05, 4.69) is 30.3 Å². The van der Waals surface area contributed by atoms with Gasteiger partial charge in [-0.1, -0.05) is 84.4 Å². The SMILES string of the molecule is O=C1C(c2ccc3ccccc3c2)c2cc(Cl)ccc2N1Cc1ccccc1. The van der Waals surface area contributed by atoms with Gasteiger partial charge in [0.25, 0.3) is 0 Å². The van der Waals surface area contributed by atoms with Crippen molar-refractivity contribution in [2.75, 3.05) is 4.90 Å². The molecule has 0 saturated carbocycles. The Balaban J connectivity index is 1.61. The molecule has 2 nitrogen and oxygen atoms in total. The predicted octanol–water partition coefficient (Wildman–Crippen LogP) is 6.17. The van der Waals surface area contributed by atoms with Crippen LogP contribution in [0.5, 0.6) is 0 Å². The Labute approximate surface area is 169 Å². The summed E-state index contributed by atoms with van der Waals surface area (Å²) in [5.41, 5.74) is 4.03. The van der Waals surface area contributed by atoms with Crippen LogP contribution >= 0.6 is 11.6 Å². The van der Waals surface area contributed by atoms with Crippen molar-refractivity contribution in [3.8, 4) is 0 Å². The van der Waals surface area contributed by atoms with E-state index in [0.29, 0.717) is 11.6 Å². The van der Waals surface area contributed by atoms with E-state index in [-0.39, 0.29) is 11.8 Å². The molecule has 0 N–H and O–H groups in total. The second-order valence-electron chi connectivity index (χ2n) is 7.15. The summed E-state index contributed by atoms with van der Waals surface area (Å²) < 4.78 is 0. The molecule has 0 bridgehead atoms. The van der Waals surface area contributed by atoms with Gasteiger partial charge in [0.1, 0.15) is 0 Å². The number of carbonyl (C=O) groups is 1. The number of benzene rings is 4. The van der Waals surface area contributed by atoms with Crippen molar-refractivity contribution >= 4 is 34.0 Å². The zero-order chi connectivity index (χ0) is 19.1. The van der Waals surface area contributed by atoms with Crippen molar-refractivity contribution in [1.82, 2.24) is 0 Å². The summed E-state index contributed by atoms with van der Waals surface area (Å²) in [5.74, 6) is -0.238. The van der Waals surface area contributed by atoms with Crippen molar-refractivity contribution in [2.45, 2.75) is 12.5 Å². The average Bonchev–Trinajstić information content (AvgIpc) is 2.99. The Bertz CT molecular complexity index is 1190. The van der Waals surface area contributed by atoms with Crippen LogP contribution in [0.25, 0.3) is 10.8 Å². The molecule has 5 rings (SSSR count). The second kappa shape index (κ2) is 6.81. The highest BCUT2D eigenvalue weighted by Crippen LogP contribution is 2.43. The monoisotopic (exact) mass is 383 g/mol. The molecule has 3 heteroatoms. The lowest BCUT2D eigenvalue weighted by molar-refractivity contribution is -0.118. The second-order valence-corrected chi connectivity index (χ2v) is 7.59. The van der Waals surface area contributed by atoms with Gasteiger partial charge < -0.3 is 4.90 Å². The van der Waals surface area contributed by atoms with Crippen LogP contribution in [0.15, 0.2) is 91.0 Å². The largest absolute Gasteiger partial charge is 0.307 e. The van der Waals surface area contributed by atoms with E-state index in [1.165, 1.54) is 5.39 Å². The highest BCUT2D eigenvalue weighted by atomic mass is 35.5. The first kappa shape index (κ1) is 17.0. The zero-order valence-electron chi connectivity index (χ0n) is 15.2. The summed E-state index contributed by atoms with van der Waals surface area (Å²) in [5, 5.41) is 2.96. The van der Waals surface area contributed by atoms with Crippen LogP contribution in [0.1, 0.15) is 22.6 Å². The van der Waals surface area contributed by atoms with Gasteiger partial charge in [0.2, 0.25) is 5.91 Å². The zero-order valence-corrected chi connectivity index (χ0v) is 15.9. The Hall–Kier alpha value is -3.10. The molecule has 0 aliphatic carbocycles. The number of halogens is 1. The lowest BCUT2D eigenvalue weighted by Gasteiger charge is -2.18. The van der Waals surface area contributed by atoms with Crippen LogP contribution in [-0.4, -0.2) is 5.91 Å². The molecule has 4 aromatic rings. The van der Waals surface area contributed by atoms with E-state index in [1.807, 2.05) is 65.6 Å². The predicted molar refractivity (Wildman–Crippen MR) is 115 cm³/mol. The van der Waals surface area contributed by atoms with E-state index in [0.717, 1.165) is 27.8 Å². The van der Waals surface area contributed by atoms with Gasteiger partial charge in [0, 0.05) is 10.7 Å². The standard InChI is InChI=1S/C25H18ClNO/c26-21-12-13-23-22(15-21)24(20-11-10-18-8-4-5-9-19(18)14-20)25(28)27(23)16-17-6-2-1-3-7-17/h1-15,24H,16H2. The molecular weight excluding hydrogens is 366 g/mol. The summed E-state index contributed by atoms with van der Waals surface area (Å²) in [7, 11) is 0. The number of hydrogen-bond donors (Lipinski definition) is 0. The van der Waals surface area contributed by atoms with Crippen LogP contribution in [0.2, 0.25) is 5.02 Å². The number of carbonyl (C=O) groups excluding carboxylic acids is 1. The molecule has 1 unspecified atom stereocenters. The molecule has 1 aliphatic rings. The molecule has 28 heavy (non-hydrogen) atoms. The Kier molecular flexibility index (Phi) is 4.14. The van der Waals surface area contributed by atoms with E-state index in [9.17, 15) is 4.79 Å². The minimum atomic E-state index is -0.331. The minimum Gasteiger partial charge on any atom is -0.307 e. The molecule has 1 aliphatic heterocycles. The molecule has 1 atom stereocenters. The first-order valence-electron chi connectivity index (χ1n) is 9.34. The fourth-order valence-electron chi connectivity index (χ4n) is 4.05. The van der Waals surface area contributed by atoms with E-state index in [4.69, 9.17) is 11.6 Å². The summed E-state index contributed by atoms with van der Waals surface area (Å²) in [6.45, 7) is 0.554. The van der Waals surface area contributed by atoms with Crippen LogP contribution in [-0.2, 0) is 11.3 Å². The van der Waals surface area contributed by atoms with Crippen LogP contribution < -0.4 is 4.90 Å². The van der Waals surface area contributed by atoms with Gasteiger partial charge in [-0.15, -0.1) is 0 Å². The van der Waals surface area contributed by atoms with E-state index >= 15 is 0 Å². The third-order valence-electron chi connectivity index (χ3n) is 5.39. The smallest absolute Gasteiger partial charge is 0.239 e. The Morgan fingerprint density at radius 1 is 0.786 bits per heavy atom. The molecule has 0 radical (unpaired) electrons. The highest BCUT2D eigenvalue weighted by molar-refractivity contribution is 6.31. The van der Waals surface area contributed by atoms with Gasteiger partial charge in [-0.2, -0.15) is 0 Å². The third kappa shape index (κ3) is 2.87. The van der Waals surface area contributed by atoms with Gasteiger partial charge >= 0.3 is 0 Å². The van der Waals surface area contributed by atoms with Crippen molar-refractivity contribution in [1.29, 1.82) is 0 Å². The van der Waals surface area contributed by atoms with Crippen molar-refractivity contribution < 1.29 is 4.79 Å². The number of nitrogens with zero attached hydrogens (tertiary/aromatic N) is 1. The highest BCUT2D eigenvalue weighted by Gasteiger charge is 2.38. The van der Waals surface area contributed by atoms with Gasteiger partial charge in [-0.25, -0.2) is 0 Å². The molecule has 136 valence electrons. The lowest BCUT2D eigenvalue weighted by Crippen LogP contribution is -2.28. The number of anilines is 1. The summed E-state index contributed by atoms with van der Waals surface area (Å²) >= 11 is 6.30. The van der Waals surface area contributed by atoms with Crippen LogP contribution in [0.4, 0.5) is 5.69 Å². The molecule has 1 heterocycles. The third-order valence-corrected chi connectivity index (χ3v) is 5.63. The van der Waals surface area contributed by atoms with E-state index in [1.54, 1.807) is 0 Å². The van der Waals surface area contributed by atoms with E-state index < -0.39 is 0 Å². The number of rotatable bonds is 3. The minimum absolute atomic E-state index is 0.0939. The summed E-state index contributed by atoms with van der Waals surface area (Å²) in [4.78, 5) is 15.4. The molecule has 4 aromatic carbocycles. The Morgan fingerprint density at radius 2 is 1.54 bits per heavy atom. The van der Waals surface area contributed by atoms with Gasteiger partial charge in [0.05, 0.1) is 12.5 Å². The maximum absolute atomic E-state index is 13.5. The molecule has 0 fully saturated rings. The Morgan fingerprint density at radius 3 is 2.36 bits per heavy atom. The first-order valence-corrected chi connectivity index (χ1v) is 9.72. The fraction of sp³-hybridized carbons (Fsp3) is 0.0800. The number of fused-ring (bicyclic) bond motifs is 2. The van der Waals surface area contributed by atoms with Gasteiger partial charge in [-0.3, -0.25) is 4.79 Å². The summed E-state index contributed by atoms with van der Waals surface area (Å²) in [6, 6.07) is 30.3. The number of hydrogen-bond acceptors (Lipinski definition) is 1. The average molecular weight is 384 g/mol. The maximum Gasteiger partial charge on any atom is 0.239 e. The van der Waals surface area contributed by atoms with Crippen molar-refractivity contribution in [3.05, 3.63) is 113 Å². The van der Waals surface area contributed by atoms with Crippen molar-refractivity contribution in [3.63, 3.8) is 0 Å². The topological polar surface area (TPSA) is 20.3 Å². The molecule has 0 spiro atoms. The fourth-order valence-corrected chi connectivity index (χ4v) is 4.23. The van der Waals surface area contributed by atoms with Crippen LogP contribution in [0.3, 0.4) is 0 Å². The van der Waals surface area contributed by atoms with Gasteiger partial charge in [0.15, 0.2) is 0 Å². The quantitative estimate of drug-likeness (QED) is 0.414.